The third-order valence-electron chi connectivity index (χ3n) is 2.87. The van der Waals surface area contributed by atoms with Crippen molar-refractivity contribution in [1.82, 2.24) is 9.88 Å². The van der Waals surface area contributed by atoms with Gasteiger partial charge in [-0.2, -0.15) is 0 Å². The molecule has 0 radical (unpaired) electrons. The van der Waals surface area contributed by atoms with E-state index in [2.05, 4.69) is 4.98 Å². The van der Waals surface area contributed by atoms with Crippen LogP contribution in [0.2, 0.25) is 5.02 Å². The smallest absolute Gasteiger partial charge is 0.209 e. The first kappa shape index (κ1) is 15.0. The predicted molar refractivity (Wildman–Crippen MR) is 76.4 cm³/mol. The highest BCUT2D eigenvalue weighted by molar-refractivity contribution is 6.30. The van der Waals surface area contributed by atoms with E-state index in [0.717, 1.165) is 5.56 Å². The summed E-state index contributed by atoms with van der Waals surface area (Å²) in [5.74, 6) is 1.22. The van der Waals surface area contributed by atoms with Gasteiger partial charge >= 0.3 is 0 Å². The number of hydrogen-bond acceptors (Lipinski definition) is 5. The molecule has 2 rings (SSSR count). The van der Waals surface area contributed by atoms with Crippen molar-refractivity contribution in [3.63, 3.8) is 0 Å². The van der Waals surface area contributed by atoms with Gasteiger partial charge in [0, 0.05) is 23.7 Å². The molecule has 6 heteroatoms. The fraction of sp³-hybridized carbons (Fsp3) is 0.357. The van der Waals surface area contributed by atoms with Crippen molar-refractivity contribution in [3.05, 3.63) is 41.4 Å². The second-order valence-corrected chi connectivity index (χ2v) is 4.78. The van der Waals surface area contributed by atoms with Crippen LogP contribution < -0.4 is 0 Å². The van der Waals surface area contributed by atoms with Crippen molar-refractivity contribution in [2.75, 3.05) is 26.3 Å². The van der Waals surface area contributed by atoms with Gasteiger partial charge in [0.05, 0.1) is 26.0 Å². The normalized spacial score (nSPS) is 11.2. The number of aromatic nitrogens is 1. The minimum Gasteiger partial charge on any atom is -0.439 e. The molecule has 0 bridgehead atoms. The van der Waals surface area contributed by atoms with Crippen molar-refractivity contribution >= 4 is 11.6 Å². The molecule has 20 heavy (non-hydrogen) atoms. The highest BCUT2D eigenvalue weighted by atomic mass is 35.5. The maximum atomic E-state index is 8.96. The van der Waals surface area contributed by atoms with Crippen LogP contribution in [0.4, 0.5) is 0 Å². The highest BCUT2D eigenvalue weighted by Crippen LogP contribution is 2.22. The Kier molecular flexibility index (Phi) is 5.55. The van der Waals surface area contributed by atoms with Crippen LogP contribution in [0.15, 0.2) is 34.9 Å². The molecule has 0 saturated heterocycles. The first-order valence-corrected chi connectivity index (χ1v) is 6.75. The van der Waals surface area contributed by atoms with Crippen LogP contribution in [0, 0.1) is 0 Å². The quantitative estimate of drug-likeness (QED) is 0.815. The maximum absolute atomic E-state index is 8.96. The van der Waals surface area contributed by atoms with Crippen molar-refractivity contribution < 1.29 is 14.6 Å². The lowest BCUT2D eigenvalue weighted by molar-refractivity contribution is 0.147. The van der Waals surface area contributed by atoms with Crippen LogP contribution in [0.5, 0.6) is 0 Å². The van der Waals surface area contributed by atoms with E-state index < -0.39 is 0 Å². The van der Waals surface area contributed by atoms with E-state index in [-0.39, 0.29) is 13.2 Å². The van der Waals surface area contributed by atoms with Gasteiger partial charge in [0.25, 0.3) is 0 Å². The van der Waals surface area contributed by atoms with Gasteiger partial charge < -0.3 is 14.6 Å². The molecule has 0 spiro atoms. The molecule has 0 aliphatic heterocycles. The Morgan fingerprint density at radius 2 is 1.75 bits per heavy atom. The summed E-state index contributed by atoms with van der Waals surface area (Å²) in [6, 6.07) is 7.32. The third-order valence-corrected chi connectivity index (χ3v) is 3.13. The van der Waals surface area contributed by atoms with Crippen molar-refractivity contribution in [3.8, 4) is 11.3 Å². The lowest BCUT2D eigenvalue weighted by Gasteiger charge is -2.17. The number of hydrogen-bond donors (Lipinski definition) is 2. The fourth-order valence-corrected chi connectivity index (χ4v) is 2.00. The molecule has 0 atom stereocenters. The van der Waals surface area contributed by atoms with Crippen LogP contribution in [-0.2, 0) is 6.54 Å². The zero-order valence-electron chi connectivity index (χ0n) is 11.0. The van der Waals surface area contributed by atoms with E-state index in [4.69, 9.17) is 26.2 Å². The van der Waals surface area contributed by atoms with Crippen molar-refractivity contribution in [1.29, 1.82) is 0 Å². The second kappa shape index (κ2) is 7.40. The summed E-state index contributed by atoms with van der Waals surface area (Å²) in [7, 11) is 0. The maximum Gasteiger partial charge on any atom is 0.209 e. The van der Waals surface area contributed by atoms with E-state index in [1.165, 1.54) is 0 Å². The Balaban J connectivity index is 2.06. The van der Waals surface area contributed by atoms with Gasteiger partial charge in [-0.25, -0.2) is 4.98 Å². The van der Waals surface area contributed by atoms with Gasteiger partial charge in [0.15, 0.2) is 5.76 Å². The largest absolute Gasteiger partial charge is 0.439 e. The van der Waals surface area contributed by atoms with Gasteiger partial charge in [0.1, 0.15) is 0 Å². The zero-order valence-corrected chi connectivity index (χ0v) is 11.8. The van der Waals surface area contributed by atoms with Crippen molar-refractivity contribution in [2.24, 2.45) is 0 Å². The lowest BCUT2D eigenvalue weighted by Crippen LogP contribution is -2.29. The molecule has 0 saturated carbocycles. The number of nitrogens with zero attached hydrogens (tertiary/aromatic N) is 2. The van der Waals surface area contributed by atoms with Crippen LogP contribution in [0.3, 0.4) is 0 Å². The molecule has 1 heterocycles. The van der Waals surface area contributed by atoms with Crippen LogP contribution in [-0.4, -0.2) is 46.4 Å². The molecule has 1 aromatic carbocycles. The highest BCUT2D eigenvalue weighted by Gasteiger charge is 2.11. The van der Waals surface area contributed by atoms with Gasteiger partial charge in [-0.3, -0.25) is 4.90 Å². The fourth-order valence-electron chi connectivity index (χ4n) is 1.88. The van der Waals surface area contributed by atoms with Gasteiger partial charge in [-0.05, 0) is 24.3 Å². The molecule has 108 valence electrons. The minimum absolute atomic E-state index is 0.0325. The number of halogens is 1. The Morgan fingerprint density at radius 1 is 1.10 bits per heavy atom. The number of aliphatic hydroxyl groups is 2. The van der Waals surface area contributed by atoms with Crippen LogP contribution in [0.1, 0.15) is 5.89 Å². The second-order valence-electron chi connectivity index (χ2n) is 4.35. The number of rotatable bonds is 7. The summed E-state index contributed by atoms with van der Waals surface area (Å²) in [5, 5.41) is 18.6. The number of oxazole rings is 1. The molecule has 0 fully saturated rings. The van der Waals surface area contributed by atoms with Gasteiger partial charge in [-0.1, -0.05) is 11.6 Å². The SMILES string of the molecule is OCCN(CCO)Cc1ncc(-c2ccc(Cl)cc2)o1. The summed E-state index contributed by atoms with van der Waals surface area (Å²) in [5.41, 5.74) is 0.906. The Morgan fingerprint density at radius 3 is 2.35 bits per heavy atom. The first-order valence-electron chi connectivity index (χ1n) is 6.37. The summed E-state index contributed by atoms with van der Waals surface area (Å²) < 4.78 is 5.67. The summed E-state index contributed by atoms with van der Waals surface area (Å²) in [6.07, 6.45) is 1.66. The predicted octanol–water partition coefficient (Wildman–Crippen LogP) is 1.78. The monoisotopic (exact) mass is 296 g/mol. The van der Waals surface area contributed by atoms with Crippen LogP contribution >= 0.6 is 11.6 Å². The van der Waals surface area contributed by atoms with Gasteiger partial charge in [0.2, 0.25) is 5.89 Å². The summed E-state index contributed by atoms with van der Waals surface area (Å²) in [6.45, 7) is 1.46. The number of aliphatic hydroxyl groups excluding tert-OH is 2. The average Bonchev–Trinajstić information content (AvgIpc) is 2.89. The number of benzene rings is 1. The summed E-state index contributed by atoms with van der Waals surface area (Å²) in [4.78, 5) is 6.09. The molecule has 5 nitrogen and oxygen atoms in total. The molecule has 0 aliphatic rings. The molecule has 2 N–H and O–H groups in total. The van der Waals surface area contributed by atoms with E-state index in [0.29, 0.717) is 36.3 Å². The molecule has 1 aromatic heterocycles. The lowest BCUT2D eigenvalue weighted by atomic mass is 10.2. The van der Waals surface area contributed by atoms with Crippen molar-refractivity contribution in [2.45, 2.75) is 6.54 Å². The van der Waals surface area contributed by atoms with Gasteiger partial charge in [-0.15, -0.1) is 0 Å². The average molecular weight is 297 g/mol. The van der Waals surface area contributed by atoms with E-state index in [1.807, 2.05) is 17.0 Å². The zero-order chi connectivity index (χ0) is 14.4. The molecule has 0 unspecified atom stereocenters. The standard InChI is InChI=1S/C14H17ClN2O3/c15-12-3-1-11(2-4-12)13-9-16-14(20-13)10-17(5-7-18)6-8-19/h1-4,9,18-19H,5-8,10H2. The van der Waals surface area contributed by atoms with E-state index in [9.17, 15) is 0 Å². The molecular formula is C14H17ClN2O3. The molecule has 0 aliphatic carbocycles. The minimum atomic E-state index is 0.0325. The topological polar surface area (TPSA) is 69.7 Å². The van der Waals surface area contributed by atoms with E-state index in [1.54, 1.807) is 18.3 Å². The third kappa shape index (κ3) is 4.05. The molecule has 2 aromatic rings. The molecule has 0 amide bonds. The molecular weight excluding hydrogens is 280 g/mol. The first-order chi connectivity index (χ1) is 9.72. The Bertz CT molecular complexity index is 521. The Hall–Kier alpha value is -1.40. The van der Waals surface area contributed by atoms with E-state index >= 15 is 0 Å². The van der Waals surface area contributed by atoms with Crippen LogP contribution in [0.25, 0.3) is 11.3 Å². The Labute approximate surface area is 122 Å². The summed E-state index contributed by atoms with van der Waals surface area (Å²) >= 11 is 5.84.